The molecule has 0 saturated carbocycles. The van der Waals surface area contributed by atoms with Crippen LogP contribution in [-0.2, 0) is 5.41 Å². The van der Waals surface area contributed by atoms with Crippen molar-refractivity contribution in [3.63, 3.8) is 0 Å². The van der Waals surface area contributed by atoms with Gasteiger partial charge in [-0.15, -0.1) is 0 Å². The largest absolute Gasteiger partial charge is 0.310 e. The highest BCUT2D eigenvalue weighted by atomic mass is 15.1. The van der Waals surface area contributed by atoms with E-state index in [1.165, 1.54) is 94.1 Å². The summed E-state index contributed by atoms with van der Waals surface area (Å²) < 4.78 is 2.45. The Labute approximate surface area is 416 Å². The third-order valence-corrected chi connectivity index (χ3v) is 14.8. The van der Waals surface area contributed by atoms with Gasteiger partial charge in [-0.2, -0.15) is 0 Å². The highest BCUT2D eigenvalue weighted by Gasteiger charge is 2.36. The molecule has 0 radical (unpaired) electrons. The molecule has 0 amide bonds. The molecule has 0 spiro atoms. The minimum atomic E-state index is -0.117. The first-order valence-electron chi connectivity index (χ1n) is 24.7. The molecule has 0 bridgehead atoms. The maximum atomic E-state index is 2.45. The molecule has 2 heteroatoms. The average Bonchev–Trinajstić information content (AvgIpc) is 3.89. The zero-order valence-corrected chi connectivity index (χ0v) is 39.8. The molecule has 1 heterocycles. The van der Waals surface area contributed by atoms with Gasteiger partial charge in [0, 0.05) is 44.5 Å². The molecule has 11 aromatic carbocycles. The molecule has 1 aliphatic carbocycles. The van der Waals surface area contributed by atoms with E-state index in [0.717, 1.165) is 28.3 Å². The Hall–Kier alpha value is -8.98. The van der Waals surface area contributed by atoms with E-state index >= 15 is 0 Å². The highest BCUT2D eigenvalue weighted by molar-refractivity contribution is 6.16. The number of benzene rings is 11. The van der Waals surface area contributed by atoms with Gasteiger partial charge in [0.15, 0.2) is 0 Å². The van der Waals surface area contributed by atoms with Crippen LogP contribution in [0, 0.1) is 0 Å². The fourth-order valence-corrected chi connectivity index (χ4v) is 11.2. The van der Waals surface area contributed by atoms with Crippen LogP contribution >= 0.6 is 0 Å². The molecule has 13 rings (SSSR count). The average molecular weight is 907 g/mol. The lowest BCUT2D eigenvalue weighted by Crippen LogP contribution is -2.16. The standard InChI is InChI=1S/C69H50N2/c1-69(2)65-29-16-15-28-60(65)61-40-39-59(46-66(61)69)70(57-37-34-49(35-38-57)47-18-7-3-8-19-47)58-27-17-24-53(42-58)50-30-32-51(33-31-50)54-36-41-67-63(43-54)64-45-55(48-20-9-4-10-21-48)44-62(52-22-11-5-12-23-52)68(64)71(67)56-25-13-6-14-26-56/h3-46H,1-2H3. The summed E-state index contributed by atoms with van der Waals surface area (Å²) in [4.78, 5) is 2.42. The van der Waals surface area contributed by atoms with E-state index in [2.05, 4.69) is 290 Å². The lowest BCUT2D eigenvalue weighted by Gasteiger charge is -2.28. The molecule has 0 N–H and O–H groups in total. The molecule has 1 aliphatic rings. The Kier molecular flexibility index (Phi) is 10.2. The molecule has 0 unspecified atom stereocenters. The van der Waals surface area contributed by atoms with Crippen molar-refractivity contribution in [2.24, 2.45) is 0 Å². The maximum Gasteiger partial charge on any atom is 0.0619 e. The second-order valence-corrected chi connectivity index (χ2v) is 19.3. The molecule has 0 aliphatic heterocycles. The van der Waals surface area contributed by atoms with Crippen LogP contribution < -0.4 is 4.90 Å². The van der Waals surface area contributed by atoms with Crippen molar-refractivity contribution in [2.75, 3.05) is 4.90 Å². The van der Waals surface area contributed by atoms with E-state index in [1.807, 2.05) is 0 Å². The molecular formula is C69H50N2. The van der Waals surface area contributed by atoms with E-state index in [0.29, 0.717) is 0 Å². The van der Waals surface area contributed by atoms with E-state index in [4.69, 9.17) is 0 Å². The summed E-state index contributed by atoms with van der Waals surface area (Å²) in [6.07, 6.45) is 0. The van der Waals surface area contributed by atoms with E-state index in [-0.39, 0.29) is 5.41 Å². The van der Waals surface area contributed by atoms with Crippen molar-refractivity contribution in [3.8, 4) is 72.4 Å². The van der Waals surface area contributed by atoms with Gasteiger partial charge in [0.1, 0.15) is 0 Å². The lowest BCUT2D eigenvalue weighted by molar-refractivity contribution is 0.660. The van der Waals surface area contributed by atoms with Gasteiger partial charge in [0.05, 0.1) is 11.0 Å². The van der Waals surface area contributed by atoms with E-state index < -0.39 is 0 Å². The van der Waals surface area contributed by atoms with Crippen molar-refractivity contribution < 1.29 is 0 Å². The van der Waals surface area contributed by atoms with Crippen LogP contribution in [0.15, 0.2) is 267 Å². The minimum absolute atomic E-state index is 0.117. The van der Waals surface area contributed by atoms with E-state index in [1.54, 1.807) is 0 Å². The summed E-state index contributed by atoms with van der Waals surface area (Å²) in [7, 11) is 0. The molecule has 336 valence electrons. The third-order valence-electron chi connectivity index (χ3n) is 14.8. The minimum Gasteiger partial charge on any atom is -0.310 e. The number of anilines is 3. The van der Waals surface area contributed by atoms with Crippen molar-refractivity contribution >= 4 is 38.9 Å². The van der Waals surface area contributed by atoms with Crippen LogP contribution in [0.4, 0.5) is 17.1 Å². The second kappa shape index (κ2) is 17.2. The van der Waals surface area contributed by atoms with Gasteiger partial charge in [-0.25, -0.2) is 0 Å². The molecule has 12 aromatic rings. The van der Waals surface area contributed by atoms with Crippen LogP contribution in [0.25, 0.3) is 94.3 Å². The molecular weight excluding hydrogens is 857 g/mol. The number of nitrogens with zero attached hydrogens (tertiary/aromatic N) is 2. The lowest BCUT2D eigenvalue weighted by atomic mass is 9.82. The summed E-state index contributed by atoms with van der Waals surface area (Å²) in [6.45, 7) is 4.71. The molecule has 0 saturated heterocycles. The van der Waals surface area contributed by atoms with Crippen LogP contribution in [0.5, 0.6) is 0 Å². The summed E-state index contributed by atoms with van der Waals surface area (Å²) >= 11 is 0. The first-order valence-corrected chi connectivity index (χ1v) is 24.7. The Morgan fingerprint density at radius 3 is 1.46 bits per heavy atom. The fraction of sp³-hybridized carbons (Fsp3) is 0.0435. The van der Waals surface area contributed by atoms with Gasteiger partial charge in [0.2, 0.25) is 0 Å². The van der Waals surface area contributed by atoms with Crippen molar-refractivity contribution in [2.45, 2.75) is 19.3 Å². The van der Waals surface area contributed by atoms with Gasteiger partial charge in [-0.3, -0.25) is 0 Å². The first kappa shape index (κ1) is 42.1. The number of fused-ring (bicyclic) bond motifs is 6. The summed E-state index contributed by atoms with van der Waals surface area (Å²) in [5.41, 5.74) is 24.1. The molecule has 0 atom stereocenters. The van der Waals surface area contributed by atoms with Gasteiger partial charge in [0.25, 0.3) is 0 Å². The van der Waals surface area contributed by atoms with Crippen LogP contribution in [0.1, 0.15) is 25.0 Å². The molecule has 1 aromatic heterocycles. The predicted molar refractivity (Wildman–Crippen MR) is 300 cm³/mol. The number of hydrogen-bond acceptors (Lipinski definition) is 1. The van der Waals surface area contributed by atoms with Crippen molar-refractivity contribution in [1.82, 2.24) is 4.57 Å². The van der Waals surface area contributed by atoms with E-state index in [9.17, 15) is 0 Å². The summed E-state index contributed by atoms with van der Waals surface area (Å²) in [5.74, 6) is 0. The Morgan fingerprint density at radius 1 is 0.296 bits per heavy atom. The number of rotatable bonds is 9. The summed E-state index contributed by atoms with van der Waals surface area (Å²) in [6, 6.07) is 97.8. The van der Waals surface area contributed by atoms with Gasteiger partial charge in [-0.1, -0.05) is 208 Å². The topological polar surface area (TPSA) is 8.17 Å². The molecule has 2 nitrogen and oxygen atoms in total. The van der Waals surface area contributed by atoms with Gasteiger partial charge < -0.3 is 9.47 Å². The Morgan fingerprint density at radius 2 is 0.775 bits per heavy atom. The fourth-order valence-electron chi connectivity index (χ4n) is 11.2. The first-order chi connectivity index (χ1) is 35.0. The number of aromatic nitrogens is 1. The quantitative estimate of drug-likeness (QED) is 0.140. The monoisotopic (exact) mass is 906 g/mol. The zero-order valence-electron chi connectivity index (χ0n) is 39.8. The number of hydrogen-bond donors (Lipinski definition) is 0. The third kappa shape index (κ3) is 7.35. The van der Waals surface area contributed by atoms with Gasteiger partial charge >= 0.3 is 0 Å². The normalized spacial score (nSPS) is 12.5. The van der Waals surface area contributed by atoms with Crippen molar-refractivity contribution in [3.05, 3.63) is 278 Å². The molecule has 0 fully saturated rings. The SMILES string of the molecule is CC1(C)c2ccccc2-c2ccc(N(c3ccc(-c4ccccc4)cc3)c3cccc(-c4ccc(-c5ccc6c(c5)c5cc(-c7ccccc7)cc(-c7ccccc7)c5n6-c5ccccc5)cc4)c3)cc21. The molecule has 71 heavy (non-hydrogen) atoms. The van der Waals surface area contributed by atoms with Gasteiger partial charge in [-0.05, 0) is 145 Å². The maximum absolute atomic E-state index is 2.45. The highest BCUT2D eigenvalue weighted by Crippen LogP contribution is 2.51. The Bertz CT molecular complexity index is 3910. The van der Waals surface area contributed by atoms with Crippen LogP contribution in [-0.4, -0.2) is 4.57 Å². The zero-order chi connectivity index (χ0) is 47.5. The van der Waals surface area contributed by atoms with Crippen molar-refractivity contribution in [1.29, 1.82) is 0 Å². The second-order valence-electron chi connectivity index (χ2n) is 19.3. The Balaban J connectivity index is 0.902. The van der Waals surface area contributed by atoms with Crippen LogP contribution in [0.3, 0.4) is 0 Å². The van der Waals surface area contributed by atoms with Crippen LogP contribution in [0.2, 0.25) is 0 Å². The smallest absolute Gasteiger partial charge is 0.0619 e. The predicted octanol–water partition coefficient (Wildman–Crippen LogP) is 18.9. The number of para-hydroxylation sites is 1. The summed E-state index contributed by atoms with van der Waals surface area (Å²) in [5, 5.41) is 2.46.